The SMILES string of the molecule is C[S+]([O-])CCCOc1ccc(C(=O)CNC(=O)CCl)cc1Cl. The maximum absolute atomic E-state index is 11.9. The van der Waals surface area contributed by atoms with Gasteiger partial charge in [0.25, 0.3) is 0 Å². The van der Waals surface area contributed by atoms with Crippen molar-refractivity contribution in [3.05, 3.63) is 28.8 Å². The lowest BCUT2D eigenvalue weighted by Crippen LogP contribution is -2.30. The van der Waals surface area contributed by atoms with Gasteiger partial charge in [-0.3, -0.25) is 9.59 Å². The summed E-state index contributed by atoms with van der Waals surface area (Å²) in [7, 11) is 0. The van der Waals surface area contributed by atoms with Crippen LogP contribution in [0.1, 0.15) is 16.8 Å². The molecule has 1 atom stereocenters. The number of ether oxygens (including phenoxy) is 1. The summed E-state index contributed by atoms with van der Waals surface area (Å²) in [6.07, 6.45) is 2.29. The van der Waals surface area contributed by atoms with E-state index in [1.165, 1.54) is 6.07 Å². The number of rotatable bonds is 9. The molecule has 1 N–H and O–H groups in total. The zero-order valence-electron chi connectivity index (χ0n) is 12.1. The molecule has 1 aromatic carbocycles. The van der Waals surface area contributed by atoms with Crippen molar-refractivity contribution in [3.63, 3.8) is 0 Å². The molecule has 0 fully saturated rings. The normalized spacial score (nSPS) is 11.8. The van der Waals surface area contributed by atoms with Crippen LogP contribution in [0.15, 0.2) is 18.2 Å². The highest BCUT2D eigenvalue weighted by atomic mass is 35.5. The highest BCUT2D eigenvalue weighted by molar-refractivity contribution is 7.90. The van der Waals surface area contributed by atoms with E-state index in [1.807, 2.05) is 0 Å². The van der Waals surface area contributed by atoms with Crippen molar-refractivity contribution in [3.8, 4) is 5.75 Å². The van der Waals surface area contributed by atoms with Gasteiger partial charge in [-0.15, -0.1) is 11.6 Å². The molecule has 0 saturated heterocycles. The number of halogens is 2. The van der Waals surface area contributed by atoms with Gasteiger partial charge in [0.05, 0.1) is 24.4 Å². The Labute approximate surface area is 142 Å². The van der Waals surface area contributed by atoms with E-state index in [0.717, 1.165) is 0 Å². The van der Waals surface area contributed by atoms with Gasteiger partial charge in [0.2, 0.25) is 5.91 Å². The number of hydrogen-bond acceptors (Lipinski definition) is 4. The number of benzene rings is 1. The van der Waals surface area contributed by atoms with Gasteiger partial charge in [0.15, 0.2) is 5.78 Å². The largest absolute Gasteiger partial charge is 0.617 e. The molecule has 22 heavy (non-hydrogen) atoms. The molecule has 0 aliphatic heterocycles. The van der Waals surface area contributed by atoms with Crippen LogP contribution in [0.5, 0.6) is 5.75 Å². The molecule has 0 saturated carbocycles. The van der Waals surface area contributed by atoms with Crippen molar-refractivity contribution >= 4 is 46.1 Å². The number of hydrogen-bond donors (Lipinski definition) is 1. The monoisotopic (exact) mass is 365 g/mol. The second kappa shape index (κ2) is 9.94. The molecule has 1 rings (SSSR count). The molecule has 5 nitrogen and oxygen atoms in total. The van der Waals surface area contributed by atoms with Gasteiger partial charge in [-0.05, 0) is 18.2 Å². The first-order valence-corrected chi connectivity index (χ1v) is 9.16. The Kier molecular flexibility index (Phi) is 8.63. The summed E-state index contributed by atoms with van der Waals surface area (Å²) in [6, 6.07) is 4.67. The van der Waals surface area contributed by atoms with E-state index in [4.69, 9.17) is 27.9 Å². The van der Waals surface area contributed by atoms with Crippen molar-refractivity contribution in [1.29, 1.82) is 0 Å². The minimum atomic E-state index is -0.847. The van der Waals surface area contributed by atoms with E-state index >= 15 is 0 Å². The highest BCUT2D eigenvalue weighted by Gasteiger charge is 2.11. The number of carbonyl (C=O) groups excluding carboxylic acids is 2. The highest BCUT2D eigenvalue weighted by Crippen LogP contribution is 2.25. The molecule has 0 radical (unpaired) electrons. The summed E-state index contributed by atoms with van der Waals surface area (Å²) in [5.41, 5.74) is 0.377. The Morgan fingerprint density at radius 3 is 2.73 bits per heavy atom. The number of Topliss-reactive ketones (excluding diaryl/α,β-unsaturated/α-hetero) is 1. The third-order valence-corrected chi connectivity index (χ3v) is 4.06. The molecule has 0 spiro atoms. The third kappa shape index (κ3) is 6.87. The molecule has 8 heteroatoms. The van der Waals surface area contributed by atoms with E-state index in [2.05, 4.69) is 5.32 Å². The molecule has 0 aromatic heterocycles. The number of alkyl halides is 1. The standard InChI is InChI=1S/C14H17Cl2NO4S/c1-22(20)6-2-5-21-13-4-3-10(7-11(13)16)12(18)9-17-14(19)8-15/h3-4,7H,2,5-6,8-9H2,1H3,(H,17,19). The molecule has 0 aliphatic carbocycles. The second-order valence-corrected chi connectivity index (χ2v) is 6.69. The van der Waals surface area contributed by atoms with Crippen molar-refractivity contribution in [2.75, 3.05) is 31.0 Å². The Bertz CT molecular complexity index is 526. The molecule has 0 bridgehead atoms. The smallest absolute Gasteiger partial charge is 0.235 e. The van der Waals surface area contributed by atoms with Crippen LogP contribution in [-0.2, 0) is 16.0 Å². The number of ketones is 1. The van der Waals surface area contributed by atoms with Gasteiger partial charge in [0, 0.05) is 12.0 Å². The molecule has 0 heterocycles. The van der Waals surface area contributed by atoms with E-state index < -0.39 is 17.1 Å². The van der Waals surface area contributed by atoms with Crippen LogP contribution in [0.4, 0.5) is 0 Å². The summed E-state index contributed by atoms with van der Waals surface area (Å²) < 4.78 is 16.4. The lowest BCUT2D eigenvalue weighted by atomic mass is 10.1. The van der Waals surface area contributed by atoms with Gasteiger partial charge in [0.1, 0.15) is 17.4 Å². The molecular weight excluding hydrogens is 349 g/mol. The predicted molar refractivity (Wildman–Crippen MR) is 88.6 cm³/mol. The summed E-state index contributed by atoms with van der Waals surface area (Å²) >= 11 is 10.5. The minimum Gasteiger partial charge on any atom is -0.617 e. The zero-order valence-corrected chi connectivity index (χ0v) is 14.4. The van der Waals surface area contributed by atoms with Gasteiger partial charge in [-0.2, -0.15) is 0 Å². The van der Waals surface area contributed by atoms with Gasteiger partial charge < -0.3 is 14.6 Å². The molecule has 1 unspecified atom stereocenters. The van der Waals surface area contributed by atoms with Crippen LogP contribution in [0.3, 0.4) is 0 Å². The minimum absolute atomic E-state index is 0.135. The molecule has 1 aromatic rings. The fraction of sp³-hybridized carbons (Fsp3) is 0.429. The Hall–Kier alpha value is -0.950. The summed E-state index contributed by atoms with van der Waals surface area (Å²) in [5, 5.41) is 2.71. The van der Waals surface area contributed by atoms with Crippen LogP contribution in [0.2, 0.25) is 5.02 Å². The first-order valence-electron chi connectivity index (χ1n) is 6.52. The van der Waals surface area contributed by atoms with Crippen LogP contribution in [0.25, 0.3) is 0 Å². The molecular formula is C14H17Cl2NO4S. The lowest BCUT2D eigenvalue weighted by Gasteiger charge is -2.10. The summed E-state index contributed by atoms with van der Waals surface area (Å²) in [5.74, 6) is 0.158. The maximum Gasteiger partial charge on any atom is 0.235 e. The maximum atomic E-state index is 11.9. The van der Waals surface area contributed by atoms with Crippen molar-refractivity contribution in [2.45, 2.75) is 6.42 Å². The Morgan fingerprint density at radius 2 is 2.14 bits per heavy atom. The van der Waals surface area contributed by atoms with Gasteiger partial charge >= 0.3 is 0 Å². The fourth-order valence-electron chi connectivity index (χ4n) is 1.56. The van der Waals surface area contributed by atoms with E-state index in [9.17, 15) is 14.1 Å². The first kappa shape index (κ1) is 19.1. The van der Waals surface area contributed by atoms with Crippen molar-refractivity contribution in [2.24, 2.45) is 0 Å². The lowest BCUT2D eigenvalue weighted by molar-refractivity contribution is -0.118. The number of amides is 1. The second-order valence-electron chi connectivity index (χ2n) is 4.46. The fourth-order valence-corrected chi connectivity index (χ4v) is 2.42. The Balaban J connectivity index is 2.53. The molecule has 122 valence electrons. The summed E-state index contributed by atoms with van der Waals surface area (Å²) in [4.78, 5) is 22.9. The summed E-state index contributed by atoms with van der Waals surface area (Å²) in [6.45, 7) is 0.267. The third-order valence-electron chi connectivity index (χ3n) is 2.66. The van der Waals surface area contributed by atoms with E-state index in [1.54, 1.807) is 18.4 Å². The number of nitrogens with one attached hydrogen (secondary N) is 1. The average molecular weight is 366 g/mol. The number of carbonyl (C=O) groups is 2. The average Bonchev–Trinajstić information content (AvgIpc) is 2.49. The van der Waals surface area contributed by atoms with Crippen molar-refractivity contribution < 1.29 is 18.9 Å². The predicted octanol–water partition coefficient (Wildman–Crippen LogP) is 2.03. The van der Waals surface area contributed by atoms with Crippen molar-refractivity contribution in [1.82, 2.24) is 5.32 Å². The van der Waals surface area contributed by atoms with Crippen LogP contribution in [0, 0.1) is 0 Å². The Morgan fingerprint density at radius 1 is 1.41 bits per heavy atom. The van der Waals surface area contributed by atoms with Gasteiger partial charge in [-0.1, -0.05) is 22.8 Å². The topological polar surface area (TPSA) is 78.5 Å². The van der Waals surface area contributed by atoms with Crippen LogP contribution in [-0.4, -0.2) is 47.3 Å². The van der Waals surface area contributed by atoms with Crippen LogP contribution >= 0.6 is 23.2 Å². The quantitative estimate of drug-likeness (QED) is 0.314. The van der Waals surface area contributed by atoms with Crippen LogP contribution < -0.4 is 10.1 Å². The first-order chi connectivity index (χ1) is 10.4. The zero-order chi connectivity index (χ0) is 16.5. The van der Waals surface area contributed by atoms with E-state index in [-0.39, 0.29) is 18.2 Å². The van der Waals surface area contributed by atoms with Gasteiger partial charge in [-0.25, -0.2) is 0 Å². The molecule has 0 aliphatic rings. The molecule has 1 amide bonds. The van der Waals surface area contributed by atoms with E-state index in [0.29, 0.717) is 35.1 Å².